The van der Waals surface area contributed by atoms with Crippen LogP contribution in [0.3, 0.4) is 0 Å². The van der Waals surface area contributed by atoms with Gasteiger partial charge >= 0.3 is 0 Å². The van der Waals surface area contributed by atoms with Crippen molar-refractivity contribution in [2.45, 2.75) is 43.9 Å². The Bertz CT molecular complexity index is 832. The van der Waals surface area contributed by atoms with Gasteiger partial charge in [-0.05, 0) is 24.5 Å². The Balaban J connectivity index is 1.79. The molecule has 7 nitrogen and oxygen atoms in total. The first kappa shape index (κ1) is 17.6. The molecule has 0 spiro atoms. The normalized spacial score (nSPS) is 15.4. The van der Waals surface area contributed by atoms with E-state index in [1.165, 1.54) is 12.1 Å². The van der Waals surface area contributed by atoms with Gasteiger partial charge in [0.25, 0.3) is 10.0 Å². The Labute approximate surface area is 147 Å². The summed E-state index contributed by atoms with van der Waals surface area (Å²) < 4.78 is 38.8. The van der Waals surface area contributed by atoms with Crippen LogP contribution in [0.4, 0.5) is 5.82 Å². The lowest BCUT2D eigenvalue weighted by Crippen LogP contribution is -2.13. The van der Waals surface area contributed by atoms with Crippen molar-refractivity contribution in [1.29, 1.82) is 0 Å². The number of benzene rings is 1. The molecule has 0 aliphatic carbocycles. The molecular weight excluding hydrogens is 342 g/mol. The highest BCUT2D eigenvalue weighted by atomic mass is 32.2. The van der Waals surface area contributed by atoms with Crippen LogP contribution in [0.2, 0.25) is 0 Å². The van der Waals surface area contributed by atoms with Crippen molar-refractivity contribution in [2.24, 2.45) is 0 Å². The van der Waals surface area contributed by atoms with E-state index < -0.39 is 10.0 Å². The largest absolute Gasteiger partial charge is 0.490 e. The number of H-pyrrole nitrogens is 1. The molecule has 2 N–H and O–H groups in total. The van der Waals surface area contributed by atoms with Gasteiger partial charge in [0, 0.05) is 24.2 Å². The lowest BCUT2D eigenvalue weighted by molar-refractivity contribution is 0.297. The van der Waals surface area contributed by atoms with Crippen molar-refractivity contribution in [2.75, 3.05) is 17.9 Å². The summed E-state index contributed by atoms with van der Waals surface area (Å²) in [5.41, 5.74) is 0.915. The molecule has 0 bridgehead atoms. The molecule has 1 aromatic carbocycles. The van der Waals surface area contributed by atoms with Gasteiger partial charge in [-0.1, -0.05) is 20.3 Å². The second-order valence-electron chi connectivity index (χ2n) is 6.16. The molecule has 136 valence electrons. The summed E-state index contributed by atoms with van der Waals surface area (Å²) in [5, 5.41) is 6.96. The fourth-order valence-electron chi connectivity index (χ4n) is 2.74. The highest BCUT2D eigenvalue weighted by Crippen LogP contribution is 2.32. The molecule has 8 heteroatoms. The van der Waals surface area contributed by atoms with Gasteiger partial charge in [-0.3, -0.25) is 9.82 Å². The molecular formula is C17H23N3O4S. The molecule has 1 aliphatic rings. The summed E-state index contributed by atoms with van der Waals surface area (Å²) in [6.07, 6.45) is 2.83. The van der Waals surface area contributed by atoms with E-state index in [1.54, 1.807) is 12.1 Å². The summed E-state index contributed by atoms with van der Waals surface area (Å²) in [4.78, 5) is 0.114. The smallest absolute Gasteiger partial charge is 0.263 e. The zero-order chi connectivity index (χ0) is 17.9. The number of nitrogens with one attached hydrogen (secondary N) is 2. The monoisotopic (exact) mass is 365 g/mol. The molecule has 0 amide bonds. The number of hydrogen-bond donors (Lipinski definition) is 2. The van der Waals surface area contributed by atoms with Crippen molar-refractivity contribution in [3.63, 3.8) is 0 Å². The molecule has 1 aromatic heterocycles. The van der Waals surface area contributed by atoms with Crippen LogP contribution < -0.4 is 14.2 Å². The molecule has 0 radical (unpaired) electrons. The van der Waals surface area contributed by atoms with Crippen LogP contribution in [0.15, 0.2) is 29.2 Å². The van der Waals surface area contributed by atoms with Gasteiger partial charge < -0.3 is 9.47 Å². The standard InChI is InChI=1S/C17H23N3O4S/c1-3-5-12(2)14-11-17(19-18-14)20-25(21,22)13-6-7-15-16(10-13)24-9-4-8-23-15/h6-7,10-12H,3-5,8-9H2,1-2H3,(H2,18,19,20)/t12-/m0/s1. The van der Waals surface area contributed by atoms with Crippen molar-refractivity contribution < 1.29 is 17.9 Å². The van der Waals surface area contributed by atoms with Crippen LogP contribution in [0, 0.1) is 0 Å². The van der Waals surface area contributed by atoms with Crippen LogP contribution in [-0.4, -0.2) is 31.8 Å². The summed E-state index contributed by atoms with van der Waals surface area (Å²) in [6, 6.07) is 6.34. The molecule has 0 unspecified atom stereocenters. The third-order valence-electron chi connectivity index (χ3n) is 4.12. The maximum Gasteiger partial charge on any atom is 0.263 e. The number of aromatic nitrogens is 2. The van der Waals surface area contributed by atoms with Gasteiger partial charge in [0.1, 0.15) is 0 Å². The molecule has 0 fully saturated rings. The van der Waals surface area contributed by atoms with Crippen LogP contribution in [-0.2, 0) is 10.0 Å². The van der Waals surface area contributed by atoms with Crippen LogP contribution in [0.5, 0.6) is 11.5 Å². The zero-order valence-corrected chi connectivity index (χ0v) is 15.2. The minimum absolute atomic E-state index is 0.114. The summed E-state index contributed by atoms with van der Waals surface area (Å²) >= 11 is 0. The average Bonchev–Trinajstić information content (AvgIpc) is 2.90. The number of nitrogens with zero attached hydrogens (tertiary/aromatic N) is 1. The molecule has 1 atom stereocenters. The molecule has 2 aromatic rings. The van der Waals surface area contributed by atoms with Crippen molar-refractivity contribution >= 4 is 15.8 Å². The first-order chi connectivity index (χ1) is 12.0. The molecule has 0 saturated carbocycles. The Morgan fingerprint density at radius 2 is 2.00 bits per heavy atom. The predicted octanol–water partition coefficient (Wildman–Crippen LogP) is 3.28. The number of anilines is 1. The second-order valence-corrected chi connectivity index (χ2v) is 7.85. The Kier molecular flexibility index (Phi) is 5.17. The first-order valence-electron chi connectivity index (χ1n) is 8.47. The zero-order valence-electron chi connectivity index (χ0n) is 14.4. The van der Waals surface area contributed by atoms with Gasteiger partial charge in [-0.2, -0.15) is 5.10 Å². The maximum absolute atomic E-state index is 12.6. The predicted molar refractivity (Wildman–Crippen MR) is 94.8 cm³/mol. The van der Waals surface area contributed by atoms with E-state index in [4.69, 9.17) is 9.47 Å². The van der Waals surface area contributed by atoms with Gasteiger partial charge in [0.15, 0.2) is 17.3 Å². The Morgan fingerprint density at radius 3 is 2.76 bits per heavy atom. The van der Waals surface area contributed by atoms with Crippen molar-refractivity contribution in [3.05, 3.63) is 30.0 Å². The van der Waals surface area contributed by atoms with Crippen LogP contribution in [0.25, 0.3) is 0 Å². The first-order valence-corrected chi connectivity index (χ1v) is 9.95. The van der Waals surface area contributed by atoms with Gasteiger partial charge in [-0.25, -0.2) is 8.42 Å². The lowest BCUT2D eigenvalue weighted by atomic mass is 10.0. The third-order valence-corrected chi connectivity index (χ3v) is 5.47. The Hall–Kier alpha value is -2.22. The third kappa shape index (κ3) is 4.07. The van der Waals surface area contributed by atoms with E-state index in [-0.39, 0.29) is 10.7 Å². The van der Waals surface area contributed by atoms with Gasteiger partial charge in [-0.15, -0.1) is 0 Å². The number of sulfonamides is 1. The van der Waals surface area contributed by atoms with Crippen LogP contribution >= 0.6 is 0 Å². The van der Waals surface area contributed by atoms with Crippen molar-refractivity contribution in [3.8, 4) is 11.5 Å². The highest BCUT2D eigenvalue weighted by molar-refractivity contribution is 7.92. The van der Waals surface area contributed by atoms with Gasteiger partial charge in [0.2, 0.25) is 0 Å². The quantitative estimate of drug-likeness (QED) is 0.819. The number of aromatic amines is 1. The van der Waals surface area contributed by atoms with Gasteiger partial charge in [0.05, 0.1) is 18.1 Å². The summed E-state index contributed by atoms with van der Waals surface area (Å²) in [7, 11) is -3.75. The highest BCUT2D eigenvalue weighted by Gasteiger charge is 2.20. The summed E-state index contributed by atoms with van der Waals surface area (Å²) in [6.45, 7) is 5.25. The lowest BCUT2D eigenvalue weighted by Gasteiger charge is -2.10. The number of rotatable bonds is 6. The minimum atomic E-state index is -3.75. The van der Waals surface area contributed by atoms with E-state index in [1.807, 2.05) is 0 Å². The van der Waals surface area contributed by atoms with E-state index in [2.05, 4.69) is 28.8 Å². The van der Waals surface area contributed by atoms with Crippen LogP contribution in [0.1, 0.15) is 44.7 Å². The fourth-order valence-corrected chi connectivity index (χ4v) is 3.74. The van der Waals surface area contributed by atoms with E-state index in [0.29, 0.717) is 30.6 Å². The molecule has 2 heterocycles. The Morgan fingerprint density at radius 1 is 1.24 bits per heavy atom. The summed E-state index contributed by atoms with van der Waals surface area (Å²) in [5.74, 6) is 1.59. The minimum Gasteiger partial charge on any atom is -0.490 e. The number of fused-ring (bicyclic) bond motifs is 1. The van der Waals surface area contributed by atoms with Crippen molar-refractivity contribution in [1.82, 2.24) is 10.2 Å². The molecule has 0 saturated heterocycles. The fraction of sp³-hybridized carbons (Fsp3) is 0.471. The average molecular weight is 365 g/mol. The maximum atomic E-state index is 12.6. The van der Waals surface area contributed by atoms with E-state index >= 15 is 0 Å². The van der Waals surface area contributed by atoms with E-state index in [9.17, 15) is 8.42 Å². The topological polar surface area (TPSA) is 93.3 Å². The number of hydrogen-bond acceptors (Lipinski definition) is 5. The molecule has 3 rings (SSSR count). The SMILES string of the molecule is CCC[C@H](C)c1cc(NS(=O)(=O)c2ccc3c(c2)OCCCO3)n[nH]1. The molecule has 1 aliphatic heterocycles. The number of ether oxygens (including phenoxy) is 2. The van der Waals surface area contributed by atoms with E-state index in [0.717, 1.165) is 25.0 Å². The molecule has 25 heavy (non-hydrogen) atoms. The second kappa shape index (κ2) is 7.35.